The molecule has 3 aromatic carbocycles. The molecule has 0 aliphatic heterocycles. The number of carbonyl (C=O) groups excluding carboxylic acids is 2. The Labute approximate surface area is 184 Å². The van der Waals surface area contributed by atoms with Gasteiger partial charge in [-0.1, -0.05) is 34.1 Å². The van der Waals surface area contributed by atoms with Crippen molar-refractivity contribution < 1.29 is 14.3 Å². The van der Waals surface area contributed by atoms with Gasteiger partial charge < -0.3 is 10.5 Å². The minimum atomic E-state index is -0.436. The van der Waals surface area contributed by atoms with E-state index in [0.717, 1.165) is 0 Å². The Morgan fingerprint density at radius 1 is 1.00 bits per heavy atom. The van der Waals surface area contributed by atoms with Gasteiger partial charge in [-0.3, -0.25) is 4.79 Å². The van der Waals surface area contributed by atoms with Crippen LogP contribution in [0.4, 0.5) is 5.69 Å². The highest BCUT2D eigenvalue weighted by Crippen LogP contribution is 2.28. The molecule has 6 nitrogen and oxygen atoms in total. The Balaban J connectivity index is 1.60. The first-order valence-electron chi connectivity index (χ1n) is 8.39. The molecular formula is C21H15Br2N3O3. The van der Waals surface area contributed by atoms with E-state index in [1.165, 1.54) is 6.21 Å². The zero-order valence-electron chi connectivity index (χ0n) is 14.9. The Bertz CT molecular complexity index is 1070. The summed E-state index contributed by atoms with van der Waals surface area (Å²) in [6, 6.07) is 18.8. The fraction of sp³-hybridized carbons (Fsp3) is 0. The van der Waals surface area contributed by atoms with Crippen molar-refractivity contribution in [1.29, 1.82) is 0 Å². The van der Waals surface area contributed by atoms with Crippen LogP contribution in [0.15, 0.2) is 80.8 Å². The minimum Gasteiger partial charge on any atom is -0.423 e. The monoisotopic (exact) mass is 515 g/mol. The summed E-state index contributed by atoms with van der Waals surface area (Å²) in [6.45, 7) is 0. The van der Waals surface area contributed by atoms with Crippen LogP contribution in [-0.4, -0.2) is 18.1 Å². The fourth-order valence-electron chi connectivity index (χ4n) is 2.36. The molecule has 3 rings (SSSR count). The number of esters is 1. The predicted octanol–water partition coefficient (Wildman–Crippen LogP) is 4.78. The lowest BCUT2D eigenvalue weighted by atomic mass is 10.2. The highest BCUT2D eigenvalue weighted by atomic mass is 79.9. The van der Waals surface area contributed by atoms with Crippen LogP contribution in [0, 0.1) is 0 Å². The molecular weight excluding hydrogens is 502 g/mol. The second-order valence-electron chi connectivity index (χ2n) is 5.87. The Morgan fingerprint density at radius 3 is 2.38 bits per heavy atom. The molecule has 1 amide bonds. The van der Waals surface area contributed by atoms with Crippen molar-refractivity contribution in [2.45, 2.75) is 0 Å². The summed E-state index contributed by atoms with van der Waals surface area (Å²) in [5, 5.41) is 3.94. The van der Waals surface area contributed by atoms with Crippen LogP contribution in [-0.2, 0) is 0 Å². The number of nitrogen functional groups attached to an aromatic ring is 1. The molecule has 8 heteroatoms. The van der Waals surface area contributed by atoms with Crippen LogP contribution in [0.5, 0.6) is 5.75 Å². The SMILES string of the molecule is Nc1c(Br)cc(Br)cc1C(=O)N/N=C\c1ccc(OC(=O)c2ccccc2)cc1. The molecule has 3 N–H and O–H groups in total. The van der Waals surface area contributed by atoms with E-state index in [4.69, 9.17) is 10.5 Å². The molecule has 0 saturated carbocycles. The van der Waals surface area contributed by atoms with Crippen molar-refractivity contribution >= 4 is 55.6 Å². The smallest absolute Gasteiger partial charge is 0.343 e. The fourth-order valence-corrected chi connectivity index (χ4v) is 3.59. The lowest BCUT2D eigenvalue weighted by molar-refractivity contribution is 0.0734. The van der Waals surface area contributed by atoms with Gasteiger partial charge in [-0.25, -0.2) is 10.2 Å². The average Bonchev–Trinajstić information content (AvgIpc) is 2.72. The zero-order valence-corrected chi connectivity index (χ0v) is 18.1. The highest BCUT2D eigenvalue weighted by Gasteiger charge is 2.12. The molecule has 29 heavy (non-hydrogen) atoms. The normalized spacial score (nSPS) is 10.7. The van der Waals surface area contributed by atoms with Crippen molar-refractivity contribution in [2.24, 2.45) is 5.10 Å². The van der Waals surface area contributed by atoms with Gasteiger partial charge in [0.1, 0.15) is 5.75 Å². The van der Waals surface area contributed by atoms with E-state index in [1.54, 1.807) is 60.7 Å². The molecule has 0 heterocycles. The first-order chi connectivity index (χ1) is 13.9. The van der Waals surface area contributed by atoms with Gasteiger partial charge in [-0.2, -0.15) is 5.10 Å². The third-order valence-corrected chi connectivity index (χ3v) is 4.93. The van der Waals surface area contributed by atoms with Gasteiger partial charge in [0.05, 0.1) is 23.0 Å². The van der Waals surface area contributed by atoms with Gasteiger partial charge >= 0.3 is 5.97 Å². The Morgan fingerprint density at radius 2 is 1.69 bits per heavy atom. The van der Waals surface area contributed by atoms with Crippen molar-refractivity contribution in [1.82, 2.24) is 5.43 Å². The number of nitrogens with zero attached hydrogens (tertiary/aromatic N) is 1. The number of ether oxygens (including phenoxy) is 1. The summed E-state index contributed by atoms with van der Waals surface area (Å²) in [5.74, 6) is -0.460. The number of halogens is 2. The maximum Gasteiger partial charge on any atom is 0.343 e. The summed E-state index contributed by atoms with van der Waals surface area (Å²) in [7, 11) is 0. The molecule has 0 aliphatic carbocycles. The number of hydrogen-bond donors (Lipinski definition) is 2. The van der Waals surface area contributed by atoms with Crippen molar-refractivity contribution in [3.63, 3.8) is 0 Å². The van der Waals surface area contributed by atoms with Crippen molar-refractivity contribution in [3.8, 4) is 5.75 Å². The molecule has 0 saturated heterocycles. The maximum absolute atomic E-state index is 12.3. The van der Waals surface area contributed by atoms with E-state index in [1.807, 2.05) is 6.07 Å². The molecule has 0 spiro atoms. The number of anilines is 1. The van der Waals surface area contributed by atoms with Crippen LogP contribution in [0.25, 0.3) is 0 Å². The summed E-state index contributed by atoms with van der Waals surface area (Å²) in [4.78, 5) is 24.3. The van der Waals surface area contributed by atoms with E-state index < -0.39 is 11.9 Å². The van der Waals surface area contributed by atoms with E-state index in [0.29, 0.717) is 37.1 Å². The van der Waals surface area contributed by atoms with Crippen LogP contribution in [0.3, 0.4) is 0 Å². The number of nitrogens with one attached hydrogen (secondary N) is 1. The maximum atomic E-state index is 12.3. The lowest BCUT2D eigenvalue weighted by Gasteiger charge is -2.07. The van der Waals surface area contributed by atoms with Gasteiger partial charge in [-0.15, -0.1) is 0 Å². The van der Waals surface area contributed by atoms with E-state index in [9.17, 15) is 9.59 Å². The molecule has 0 atom stereocenters. The first kappa shape index (κ1) is 20.8. The van der Waals surface area contributed by atoms with Gasteiger partial charge in [-0.05, 0) is 70.0 Å². The number of rotatable bonds is 5. The number of hydrazone groups is 1. The Kier molecular flexibility index (Phi) is 6.79. The number of nitrogens with two attached hydrogens (primary N) is 1. The number of hydrogen-bond acceptors (Lipinski definition) is 5. The minimum absolute atomic E-state index is 0.298. The number of carbonyl (C=O) groups is 2. The van der Waals surface area contributed by atoms with Gasteiger partial charge in [0.2, 0.25) is 0 Å². The third kappa shape index (κ3) is 5.52. The molecule has 0 aliphatic rings. The predicted molar refractivity (Wildman–Crippen MR) is 119 cm³/mol. The summed E-state index contributed by atoms with van der Waals surface area (Å²) in [6.07, 6.45) is 1.48. The van der Waals surface area contributed by atoms with Gasteiger partial charge in [0.15, 0.2) is 0 Å². The van der Waals surface area contributed by atoms with Gasteiger partial charge in [0.25, 0.3) is 5.91 Å². The average molecular weight is 517 g/mol. The number of amides is 1. The van der Waals surface area contributed by atoms with Gasteiger partial charge in [0, 0.05) is 8.95 Å². The number of benzene rings is 3. The lowest BCUT2D eigenvalue weighted by Crippen LogP contribution is -2.19. The van der Waals surface area contributed by atoms with Crippen LogP contribution < -0.4 is 15.9 Å². The third-order valence-electron chi connectivity index (χ3n) is 3.82. The van der Waals surface area contributed by atoms with E-state index in [-0.39, 0.29) is 0 Å². The van der Waals surface area contributed by atoms with E-state index >= 15 is 0 Å². The largest absolute Gasteiger partial charge is 0.423 e. The summed E-state index contributed by atoms with van der Waals surface area (Å²) in [5.41, 5.74) is 10.2. The van der Waals surface area contributed by atoms with Crippen molar-refractivity contribution in [3.05, 3.63) is 92.4 Å². The molecule has 0 radical (unpaired) electrons. The molecule has 146 valence electrons. The zero-order chi connectivity index (χ0) is 20.8. The van der Waals surface area contributed by atoms with E-state index in [2.05, 4.69) is 42.4 Å². The molecule has 0 unspecified atom stereocenters. The van der Waals surface area contributed by atoms with Crippen molar-refractivity contribution in [2.75, 3.05) is 5.73 Å². The molecule has 0 fully saturated rings. The second-order valence-corrected chi connectivity index (χ2v) is 7.64. The Hall–Kier alpha value is -2.97. The first-order valence-corrected chi connectivity index (χ1v) is 9.98. The quantitative estimate of drug-likeness (QED) is 0.168. The van der Waals surface area contributed by atoms with Crippen LogP contribution in [0.2, 0.25) is 0 Å². The topological polar surface area (TPSA) is 93.8 Å². The van der Waals surface area contributed by atoms with Crippen LogP contribution >= 0.6 is 31.9 Å². The second kappa shape index (κ2) is 9.49. The summed E-state index contributed by atoms with van der Waals surface area (Å²) >= 11 is 6.62. The molecule has 0 bridgehead atoms. The summed E-state index contributed by atoms with van der Waals surface area (Å²) < 4.78 is 6.64. The van der Waals surface area contributed by atoms with Crippen LogP contribution in [0.1, 0.15) is 26.3 Å². The highest BCUT2D eigenvalue weighted by molar-refractivity contribution is 9.11. The molecule has 0 aromatic heterocycles. The standard InChI is InChI=1S/C21H15Br2N3O3/c22-15-10-17(19(24)18(23)11-15)20(27)26-25-12-13-6-8-16(9-7-13)29-21(28)14-4-2-1-3-5-14/h1-12H,24H2,(H,26,27)/b25-12-. The molecule has 3 aromatic rings.